The Morgan fingerprint density at radius 1 is 0.952 bits per heavy atom. The zero-order valence-electron chi connectivity index (χ0n) is 11.5. The van der Waals surface area contributed by atoms with Gasteiger partial charge in [-0.3, -0.25) is 20.4 Å². The van der Waals surface area contributed by atoms with E-state index in [2.05, 4.69) is 26.8 Å². The van der Waals surface area contributed by atoms with Gasteiger partial charge in [0, 0.05) is 10.0 Å². The molecule has 4 nitrogen and oxygen atoms in total. The van der Waals surface area contributed by atoms with Crippen LogP contribution in [0.25, 0.3) is 0 Å². The standard InChI is InChI=1S/C16H15BrN2O2/c1-2-11-7-9-12(10-8-11)15(20)18-19-16(21)13-5-3-4-6-14(13)17/h3-10H,2H2,1H3,(H,18,20)(H,19,21). The molecule has 0 aliphatic carbocycles. The summed E-state index contributed by atoms with van der Waals surface area (Å²) in [7, 11) is 0. The van der Waals surface area contributed by atoms with E-state index < -0.39 is 0 Å². The Kier molecular flexibility index (Phi) is 5.11. The number of carbonyl (C=O) groups is 2. The Labute approximate surface area is 131 Å². The van der Waals surface area contributed by atoms with E-state index >= 15 is 0 Å². The van der Waals surface area contributed by atoms with Crippen molar-refractivity contribution in [1.29, 1.82) is 0 Å². The SMILES string of the molecule is CCc1ccc(C(=O)NNC(=O)c2ccccc2Br)cc1. The highest BCUT2D eigenvalue weighted by atomic mass is 79.9. The fraction of sp³-hybridized carbons (Fsp3) is 0.125. The van der Waals surface area contributed by atoms with Crippen molar-refractivity contribution in [2.45, 2.75) is 13.3 Å². The number of hydrazine groups is 1. The zero-order chi connectivity index (χ0) is 15.2. The Balaban J connectivity index is 1.97. The van der Waals surface area contributed by atoms with Crippen LogP contribution >= 0.6 is 15.9 Å². The highest BCUT2D eigenvalue weighted by Crippen LogP contribution is 2.15. The summed E-state index contributed by atoms with van der Waals surface area (Å²) in [6.07, 6.45) is 0.917. The number of hydrogen-bond donors (Lipinski definition) is 2. The summed E-state index contributed by atoms with van der Waals surface area (Å²) in [5, 5.41) is 0. The lowest BCUT2D eigenvalue weighted by Gasteiger charge is -2.08. The number of carbonyl (C=O) groups excluding carboxylic acids is 2. The van der Waals surface area contributed by atoms with Crippen molar-refractivity contribution < 1.29 is 9.59 Å². The summed E-state index contributed by atoms with van der Waals surface area (Å²) in [5.74, 6) is -0.723. The average Bonchev–Trinajstić information content (AvgIpc) is 2.52. The summed E-state index contributed by atoms with van der Waals surface area (Å²) in [5.41, 5.74) is 6.91. The molecule has 2 amide bonds. The van der Waals surface area contributed by atoms with Gasteiger partial charge in [-0.05, 0) is 52.2 Å². The quantitative estimate of drug-likeness (QED) is 0.839. The van der Waals surface area contributed by atoms with Crippen molar-refractivity contribution in [2.24, 2.45) is 0 Å². The Morgan fingerprint density at radius 3 is 2.19 bits per heavy atom. The number of halogens is 1. The molecule has 0 aliphatic heterocycles. The number of amides is 2. The van der Waals surface area contributed by atoms with Gasteiger partial charge in [0.25, 0.3) is 11.8 Å². The van der Waals surface area contributed by atoms with Gasteiger partial charge in [0.2, 0.25) is 0 Å². The lowest BCUT2D eigenvalue weighted by Crippen LogP contribution is -2.41. The summed E-state index contributed by atoms with van der Waals surface area (Å²) >= 11 is 3.29. The van der Waals surface area contributed by atoms with Crippen LogP contribution in [-0.2, 0) is 6.42 Å². The van der Waals surface area contributed by atoms with Gasteiger partial charge in [0.05, 0.1) is 5.56 Å². The summed E-state index contributed by atoms with van der Waals surface area (Å²) in [6, 6.07) is 14.3. The van der Waals surface area contributed by atoms with Crippen molar-refractivity contribution in [3.8, 4) is 0 Å². The van der Waals surface area contributed by atoms with Crippen LogP contribution in [-0.4, -0.2) is 11.8 Å². The molecule has 108 valence electrons. The fourth-order valence-electron chi connectivity index (χ4n) is 1.79. The minimum Gasteiger partial charge on any atom is -0.267 e. The second-order valence-corrected chi connectivity index (χ2v) is 5.29. The molecular weight excluding hydrogens is 332 g/mol. The maximum absolute atomic E-state index is 11.9. The van der Waals surface area contributed by atoms with Crippen molar-refractivity contribution >= 4 is 27.7 Å². The van der Waals surface area contributed by atoms with Crippen LogP contribution in [0.2, 0.25) is 0 Å². The molecule has 0 heterocycles. The minimum absolute atomic E-state index is 0.349. The van der Waals surface area contributed by atoms with Gasteiger partial charge in [-0.25, -0.2) is 0 Å². The molecule has 0 bridgehead atoms. The predicted molar refractivity (Wildman–Crippen MR) is 84.9 cm³/mol. The molecule has 21 heavy (non-hydrogen) atoms. The highest BCUT2D eigenvalue weighted by Gasteiger charge is 2.11. The zero-order valence-corrected chi connectivity index (χ0v) is 13.1. The van der Waals surface area contributed by atoms with Gasteiger partial charge in [-0.15, -0.1) is 0 Å². The second kappa shape index (κ2) is 7.04. The number of rotatable bonds is 3. The van der Waals surface area contributed by atoms with E-state index in [1.807, 2.05) is 25.1 Å². The normalized spacial score (nSPS) is 10.0. The van der Waals surface area contributed by atoms with E-state index in [1.165, 1.54) is 0 Å². The second-order valence-electron chi connectivity index (χ2n) is 4.44. The largest absolute Gasteiger partial charge is 0.270 e. The molecule has 0 saturated carbocycles. The van der Waals surface area contributed by atoms with Crippen molar-refractivity contribution in [1.82, 2.24) is 10.9 Å². The lowest BCUT2D eigenvalue weighted by molar-refractivity contribution is 0.0846. The Bertz CT molecular complexity index is 654. The predicted octanol–water partition coefficient (Wildman–Crippen LogP) is 3.09. The molecule has 0 spiro atoms. The smallest absolute Gasteiger partial charge is 0.267 e. The minimum atomic E-state index is -0.374. The molecule has 2 aromatic rings. The third-order valence-corrected chi connectivity index (χ3v) is 3.72. The maximum atomic E-state index is 11.9. The lowest BCUT2D eigenvalue weighted by atomic mass is 10.1. The average molecular weight is 347 g/mol. The molecule has 0 saturated heterocycles. The molecule has 2 aromatic carbocycles. The molecule has 0 aliphatic rings. The van der Waals surface area contributed by atoms with E-state index in [9.17, 15) is 9.59 Å². The first-order chi connectivity index (χ1) is 10.1. The first-order valence-corrected chi connectivity index (χ1v) is 7.35. The first kappa shape index (κ1) is 15.3. The molecule has 5 heteroatoms. The Morgan fingerprint density at radius 2 is 1.57 bits per heavy atom. The van der Waals surface area contributed by atoms with Crippen LogP contribution in [0, 0.1) is 0 Å². The maximum Gasteiger partial charge on any atom is 0.270 e. The van der Waals surface area contributed by atoms with E-state index in [0.29, 0.717) is 15.6 Å². The third kappa shape index (κ3) is 3.92. The molecule has 0 fully saturated rings. The molecule has 0 atom stereocenters. The van der Waals surface area contributed by atoms with E-state index in [1.54, 1.807) is 30.3 Å². The van der Waals surface area contributed by atoms with Crippen molar-refractivity contribution in [2.75, 3.05) is 0 Å². The van der Waals surface area contributed by atoms with Crippen LogP contribution in [0.3, 0.4) is 0 Å². The van der Waals surface area contributed by atoms with Gasteiger partial charge in [0.15, 0.2) is 0 Å². The number of benzene rings is 2. The van der Waals surface area contributed by atoms with E-state index in [4.69, 9.17) is 0 Å². The van der Waals surface area contributed by atoms with Gasteiger partial charge < -0.3 is 0 Å². The molecule has 0 aromatic heterocycles. The van der Waals surface area contributed by atoms with Gasteiger partial charge in [0.1, 0.15) is 0 Å². The van der Waals surface area contributed by atoms with Gasteiger partial charge in [-0.1, -0.05) is 31.2 Å². The number of nitrogens with one attached hydrogen (secondary N) is 2. The summed E-state index contributed by atoms with van der Waals surface area (Å²) < 4.78 is 0.670. The topological polar surface area (TPSA) is 58.2 Å². The van der Waals surface area contributed by atoms with Gasteiger partial charge in [-0.2, -0.15) is 0 Å². The Hall–Kier alpha value is -2.14. The number of hydrogen-bond acceptors (Lipinski definition) is 2. The van der Waals surface area contributed by atoms with E-state index in [-0.39, 0.29) is 11.8 Å². The van der Waals surface area contributed by atoms with Gasteiger partial charge >= 0.3 is 0 Å². The van der Waals surface area contributed by atoms with E-state index in [0.717, 1.165) is 12.0 Å². The van der Waals surface area contributed by atoms with Crippen LogP contribution in [0.4, 0.5) is 0 Å². The molecule has 0 radical (unpaired) electrons. The first-order valence-electron chi connectivity index (χ1n) is 6.56. The highest BCUT2D eigenvalue weighted by molar-refractivity contribution is 9.10. The monoisotopic (exact) mass is 346 g/mol. The molecule has 0 unspecified atom stereocenters. The van der Waals surface area contributed by atoms with Crippen molar-refractivity contribution in [3.63, 3.8) is 0 Å². The van der Waals surface area contributed by atoms with Crippen LogP contribution < -0.4 is 10.9 Å². The van der Waals surface area contributed by atoms with Crippen LogP contribution in [0.5, 0.6) is 0 Å². The summed E-state index contributed by atoms with van der Waals surface area (Å²) in [4.78, 5) is 23.9. The van der Waals surface area contributed by atoms with Crippen molar-refractivity contribution in [3.05, 3.63) is 69.7 Å². The molecule has 2 rings (SSSR count). The molecular formula is C16H15BrN2O2. The third-order valence-electron chi connectivity index (χ3n) is 3.03. The molecule has 2 N–H and O–H groups in total. The number of aryl methyl sites for hydroxylation is 1. The summed E-state index contributed by atoms with van der Waals surface area (Å²) in [6.45, 7) is 2.05. The van der Waals surface area contributed by atoms with Crippen LogP contribution in [0.1, 0.15) is 33.2 Å². The van der Waals surface area contributed by atoms with Crippen LogP contribution in [0.15, 0.2) is 53.0 Å². The fourth-order valence-corrected chi connectivity index (χ4v) is 2.26.